The van der Waals surface area contributed by atoms with E-state index in [0.29, 0.717) is 4.88 Å². The van der Waals surface area contributed by atoms with Gasteiger partial charge >= 0.3 is 5.97 Å². The highest BCUT2D eigenvalue weighted by molar-refractivity contribution is 7.10. The highest BCUT2D eigenvalue weighted by Gasteiger charge is 2.28. The number of thiophene rings is 1. The maximum Gasteiger partial charge on any atom is 0.342 e. The summed E-state index contributed by atoms with van der Waals surface area (Å²) in [5.74, 6) is -0.895. The zero-order valence-corrected chi connectivity index (χ0v) is 8.59. The number of esters is 1. The Hall–Kier alpha value is -0.940. The van der Waals surface area contributed by atoms with Gasteiger partial charge in [-0.3, -0.25) is 0 Å². The molecule has 0 fully saturated rings. The molecule has 1 unspecified atom stereocenters. The molecule has 0 aromatic carbocycles. The number of hydrogen-bond acceptors (Lipinski definition) is 4. The van der Waals surface area contributed by atoms with E-state index in [1.807, 2.05) is 0 Å². The fraction of sp³-hybridized carbons (Fsp3) is 0.444. The van der Waals surface area contributed by atoms with E-state index in [2.05, 4.69) is 4.74 Å². The summed E-state index contributed by atoms with van der Waals surface area (Å²) in [6.45, 7) is 1.79. The molecule has 0 aliphatic heterocycles. The second-order valence-corrected chi connectivity index (χ2v) is 3.67. The second kappa shape index (κ2) is 5.07. The molecule has 0 bridgehead atoms. The smallest absolute Gasteiger partial charge is 0.342 e. The lowest BCUT2D eigenvalue weighted by Crippen LogP contribution is -2.30. The molecule has 0 radical (unpaired) electrons. The van der Waals surface area contributed by atoms with Gasteiger partial charge in [-0.1, -0.05) is 6.07 Å². The fourth-order valence-electron chi connectivity index (χ4n) is 0.994. The average molecular weight is 217 g/mol. The zero-order valence-electron chi connectivity index (χ0n) is 7.77. The van der Waals surface area contributed by atoms with Gasteiger partial charge in [0, 0.05) is 4.88 Å². The highest BCUT2D eigenvalue weighted by Crippen LogP contribution is 2.22. The summed E-state index contributed by atoms with van der Waals surface area (Å²) in [5, 5.41) is 1.78. The van der Waals surface area contributed by atoms with Crippen LogP contribution in [0.2, 0.25) is 0 Å². The average Bonchev–Trinajstić information content (AvgIpc) is 2.68. The van der Waals surface area contributed by atoms with Crippen molar-refractivity contribution in [2.45, 2.75) is 19.1 Å². The van der Waals surface area contributed by atoms with Crippen LogP contribution in [0.4, 0.5) is 4.39 Å². The van der Waals surface area contributed by atoms with Crippen LogP contribution in [0.25, 0.3) is 0 Å². The molecule has 1 aromatic heterocycles. The minimum absolute atomic E-state index is 0.163. The van der Waals surface area contributed by atoms with Crippen molar-refractivity contribution in [3.8, 4) is 0 Å². The zero-order chi connectivity index (χ0) is 10.6. The molecule has 5 heteroatoms. The van der Waals surface area contributed by atoms with Gasteiger partial charge < -0.3 is 10.5 Å². The van der Waals surface area contributed by atoms with Crippen molar-refractivity contribution >= 4 is 17.3 Å². The highest BCUT2D eigenvalue weighted by atomic mass is 32.1. The third kappa shape index (κ3) is 2.52. The van der Waals surface area contributed by atoms with Crippen molar-refractivity contribution in [1.82, 2.24) is 0 Å². The van der Waals surface area contributed by atoms with Gasteiger partial charge in [-0.25, -0.2) is 9.18 Å². The van der Waals surface area contributed by atoms with E-state index < -0.39 is 18.2 Å². The van der Waals surface area contributed by atoms with E-state index in [-0.39, 0.29) is 6.61 Å². The van der Waals surface area contributed by atoms with Gasteiger partial charge in [-0.15, -0.1) is 11.3 Å². The summed E-state index contributed by atoms with van der Waals surface area (Å²) in [6.07, 6.45) is -1.78. The van der Waals surface area contributed by atoms with E-state index in [0.717, 1.165) is 0 Å². The van der Waals surface area contributed by atoms with Crippen LogP contribution in [0.5, 0.6) is 0 Å². The first-order valence-electron chi connectivity index (χ1n) is 4.26. The van der Waals surface area contributed by atoms with Crippen LogP contribution in [0.15, 0.2) is 17.5 Å². The Morgan fingerprint density at radius 2 is 2.50 bits per heavy atom. The first-order chi connectivity index (χ1) is 6.66. The van der Waals surface area contributed by atoms with E-state index in [1.165, 1.54) is 11.3 Å². The van der Waals surface area contributed by atoms with Crippen LogP contribution in [-0.2, 0) is 9.53 Å². The number of nitrogens with two attached hydrogens (primary N) is 1. The molecule has 2 N–H and O–H groups in total. The van der Waals surface area contributed by atoms with E-state index in [9.17, 15) is 9.18 Å². The molecule has 1 aromatic rings. The number of ether oxygens (including phenoxy) is 1. The van der Waals surface area contributed by atoms with Crippen molar-refractivity contribution in [1.29, 1.82) is 0 Å². The molecular formula is C9H12FNO2S. The Bertz CT molecular complexity index is 289. The van der Waals surface area contributed by atoms with E-state index in [1.54, 1.807) is 24.4 Å². The summed E-state index contributed by atoms with van der Waals surface area (Å²) >= 11 is 1.32. The third-order valence-corrected chi connectivity index (χ3v) is 2.67. The molecule has 0 aliphatic rings. The summed E-state index contributed by atoms with van der Waals surface area (Å²) < 4.78 is 17.9. The van der Waals surface area contributed by atoms with Crippen LogP contribution >= 0.6 is 11.3 Å². The van der Waals surface area contributed by atoms with Crippen LogP contribution < -0.4 is 5.73 Å². The molecule has 0 saturated carbocycles. The Balaban J connectivity index is 2.61. The van der Waals surface area contributed by atoms with Gasteiger partial charge in [0.05, 0.1) is 12.6 Å². The third-order valence-electron chi connectivity index (χ3n) is 1.70. The molecule has 0 aliphatic carbocycles. The Morgan fingerprint density at radius 3 is 3.00 bits per heavy atom. The Kier molecular flexibility index (Phi) is 4.03. The number of carbonyl (C=O) groups excluding carboxylic acids is 1. The standard InChI is InChI=1S/C9H12FNO2S/c1-2-13-9(12)7(10)8(11)6-4-3-5-14-6/h3-5,7-8H,2,11H2,1H3/t7?,8-/m1/s1. The maximum atomic E-state index is 13.3. The van der Waals surface area contributed by atoms with Gasteiger partial charge in [0.2, 0.25) is 6.17 Å². The van der Waals surface area contributed by atoms with Gasteiger partial charge in [0.15, 0.2) is 0 Å². The van der Waals surface area contributed by atoms with Crippen LogP contribution in [0, 0.1) is 0 Å². The first kappa shape index (κ1) is 11.1. The van der Waals surface area contributed by atoms with Crippen molar-refractivity contribution in [3.05, 3.63) is 22.4 Å². The maximum absolute atomic E-state index is 13.3. The van der Waals surface area contributed by atoms with Gasteiger partial charge in [-0.2, -0.15) is 0 Å². The largest absolute Gasteiger partial charge is 0.464 e. The number of alkyl halides is 1. The minimum atomic E-state index is -1.78. The summed E-state index contributed by atoms with van der Waals surface area (Å²) in [6, 6.07) is 2.54. The van der Waals surface area contributed by atoms with Gasteiger partial charge in [0.1, 0.15) is 0 Å². The number of rotatable bonds is 4. The van der Waals surface area contributed by atoms with Crippen LogP contribution in [0.3, 0.4) is 0 Å². The quantitative estimate of drug-likeness (QED) is 0.780. The summed E-state index contributed by atoms with van der Waals surface area (Å²) in [5.41, 5.74) is 5.55. The van der Waals surface area contributed by atoms with E-state index >= 15 is 0 Å². The summed E-state index contributed by atoms with van der Waals surface area (Å²) in [7, 11) is 0. The number of halogens is 1. The van der Waals surface area contributed by atoms with E-state index in [4.69, 9.17) is 5.73 Å². The predicted molar refractivity (Wildman–Crippen MR) is 52.8 cm³/mol. The molecule has 0 spiro atoms. The molecule has 3 nitrogen and oxygen atoms in total. The summed E-state index contributed by atoms with van der Waals surface area (Å²) in [4.78, 5) is 11.7. The molecule has 0 saturated heterocycles. The lowest BCUT2D eigenvalue weighted by molar-refractivity contribution is -0.149. The Morgan fingerprint density at radius 1 is 1.79 bits per heavy atom. The van der Waals surface area contributed by atoms with Crippen molar-refractivity contribution in [2.24, 2.45) is 5.73 Å². The van der Waals surface area contributed by atoms with Crippen molar-refractivity contribution in [2.75, 3.05) is 6.61 Å². The molecule has 1 rings (SSSR count). The minimum Gasteiger partial charge on any atom is -0.464 e. The van der Waals surface area contributed by atoms with Crippen LogP contribution in [0.1, 0.15) is 17.8 Å². The molecule has 78 valence electrons. The molecule has 2 atom stereocenters. The molecule has 14 heavy (non-hydrogen) atoms. The lowest BCUT2D eigenvalue weighted by atomic mass is 10.1. The topological polar surface area (TPSA) is 52.3 Å². The molecule has 1 heterocycles. The molecular weight excluding hydrogens is 205 g/mol. The Labute approximate surface area is 85.7 Å². The van der Waals surface area contributed by atoms with Crippen molar-refractivity contribution < 1.29 is 13.9 Å². The number of carbonyl (C=O) groups is 1. The SMILES string of the molecule is CCOC(=O)C(F)[C@H](N)c1cccs1. The first-order valence-corrected chi connectivity index (χ1v) is 5.14. The number of hydrogen-bond donors (Lipinski definition) is 1. The fourth-order valence-corrected chi connectivity index (χ4v) is 1.74. The van der Waals surface area contributed by atoms with Crippen LogP contribution in [-0.4, -0.2) is 18.7 Å². The van der Waals surface area contributed by atoms with Gasteiger partial charge in [-0.05, 0) is 18.4 Å². The monoisotopic (exact) mass is 217 g/mol. The van der Waals surface area contributed by atoms with Crippen molar-refractivity contribution in [3.63, 3.8) is 0 Å². The predicted octanol–water partition coefficient (Wildman–Crippen LogP) is 1.65. The molecule has 0 amide bonds. The second-order valence-electron chi connectivity index (χ2n) is 2.70. The lowest BCUT2D eigenvalue weighted by Gasteiger charge is -2.13. The normalized spacial score (nSPS) is 14.8. The van der Waals surface area contributed by atoms with Gasteiger partial charge in [0.25, 0.3) is 0 Å².